The van der Waals surface area contributed by atoms with Crippen LogP contribution in [0.25, 0.3) is 0 Å². The van der Waals surface area contributed by atoms with Crippen molar-refractivity contribution in [3.63, 3.8) is 0 Å². The van der Waals surface area contributed by atoms with E-state index in [0.29, 0.717) is 23.9 Å². The lowest BCUT2D eigenvalue weighted by Gasteiger charge is -2.30. The number of halogens is 1. The van der Waals surface area contributed by atoms with Crippen LogP contribution < -0.4 is 5.32 Å². The maximum atomic E-state index is 12.7. The molecular weight excluding hydrogens is 330 g/mol. The Hall–Kier alpha value is -1.86. The van der Waals surface area contributed by atoms with E-state index in [1.165, 1.54) is 0 Å². The number of hydrogen-bond donors (Lipinski definition) is 1. The number of aromatic nitrogens is 4. The summed E-state index contributed by atoms with van der Waals surface area (Å²) in [4.78, 5) is 12.7. The number of nitrogens with zero attached hydrogens (tertiary/aromatic N) is 4. The maximum Gasteiger partial charge on any atom is 0.226 e. The molecular formula is C16H22ClN5O2. The second-order valence-electron chi connectivity index (χ2n) is 5.98. The van der Waals surface area contributed by atoms with Crippen LogP contribution in [0.2, 0.25) is 5.02 Å². The zero-order valence-corrected chi connectivity index (χ0v) is 14.7. The number of rotatable bonds is 5. The molecule has 7 nitrogen and oxygen atoms in total. The van der Waals surface area contributed by atoms with Gasteiger partial charge in [-0.25, -0.2) is 0 Å². The highest BCUT2D eigenvalue weighted by molar-refractivity contribution is 6.31. The van der Waals surface area contributed by atoms with Gasteiger partial charge in [-0.2, -0.15) is 10.2 Å². The summed E-state index contributed by atoms with van der Waals surface area (Å²) < 4.78 is 9.35. The molecule has 0 aliphatic carbocycles. The van der Waals surface area contributed by atoms with Gasteiger partial charge in [0.2, 0.25) is 5.91 Å². The third-order valence-electron chi connectivity index (χ3n) is 4.25. The van der Waals surface area contributed by atoms with Crippen molar-refractivity contribution in [3.05, 3.63) is 34.9 Å². The van der Waals surface area contributed by atoms with E-state index in [9.17, 15) is 4.79 Å². The first-order valence-corrected chi connectivity index (χ1v) is 8.56. The van der Waals surface area contributed by atoms with Crippen molar-refractivity contribution < 1.29 is 9.53 Å². The van der Waals surface area contributed by atoms with E-state index in [2.05, 4.69) is 15.5 Å². The Morgan fingerprint density at radius 2 is 2.33 bits per heavy atom. The normalized spacial score (nSPS) is 21.0. The Bertz CT molecular complexity index is 711. The van der Waals surface area contributed by atoms with Crippen LogP contribution in [0.5, 0.6) is 0 Å². The van der Waals surface area contributed by atoms with Crippen LogP contribution in [0.4, 0.5) is 0 Å². The quantitative estimate of drug-likeness (QED) is 0.895. The fourth-order valence-electron chi connectivity index (χ4n) is 3.00. The molecule has 8 heteroatoms. The number of amides is 1. The molecule has 2 aromatic rings. The van der Waals surface area contributed by atoms with E-state index in [0.717, 1.165) is 24.9 Å². The average molecular weight is 352 g/mol. The van der Waals surface area contributed by atoms with E-state index in [1.54, 1.807) is 24.1 Å². The van der Waals surface area contributed by atoms with Crippen LogP contribution in [0.3, 0.4) is 0 Å². The van der Waals surface area contributed by atoms with E-state index in [1.807, 2.05) is 17.8 Å². The summed E-state index contributed by atoms with van der Waals surface area (Å²) in [5.74, 6) is -0.263. The molecule has 1 aliphatic rings. The molecule has 2 atom stereocenters. The summed E-state index contributed by atoms with van der Waals surface area (Å²) in [5.41, 5.74) is 1.62. The molecule has 1 N–H and O–H groups in total. The zero-order chi connectivity index (χ0) is 17.1. The van der Waals surface area contributed by atoms with Crippen molar-refractivity contribution in [1.82, 2.24) is 24.9 Å². The van der Waals surface area contributed by atoms with Gasteiger partial charge in [0, 0.05) is 38.2 Å². The third kappa shape index (κ3) is 3.62. The van der Waals surface area contributed by atoms with Gasteiger partial charge in [-0.3, -0.25) is 14.2 Å². The molecule has 3 heterocycles. The van der Waals surface area contributed by atoms with E-state index >= 15 is 0 Å². The van der Waals surface area contributed by atoms with Crippen molar-refractivity contribution in [3.8, 4) is 0 Å². The van der Waals surface area contributed by atoms with Gasteiger partial charge < -0.3 is 10.1 Å². The van der Waals surface area contributed by atoms with Gasteiger partial charge in [0.1, 0.15) is 5.69 Å². The van der Waals surface area contributed by atoms with Gasteiger partial charge in [0.25, 0.3) is 0 Å². The minimum Gasteiger partial charge on any atom is -0.373 e. The zero-order valence-electron chi connectivity index (χ0n) is 13.9. The SMILES string of the molecule is CCn1cc([C@@H]2OCCC[C@H]2C(=O)NCc2nn(C)cc2Cl)cn1. The molecule has 0 saturated carbocycles. The van der Waals surface area contributed by atoms with Crippen molar-refractivity contribution >= 4 is 17.5 Å². The van der Waals surface area contributed by atoms with Crippen LogP contribution in [0.1, 0.15) is 37.1 Å². The summed E-state index contributed by atoms with van der Waals surface area (Å²) in [6.07, 6.45) is 6.87. The summed E-state index contributed by atoms with van der Waals surface area (Å²) in [6, 6.07) is 0. The monoisotopic (exact) mass is 351 g/mol. The molecule has 2 aromatic heterocycles. The Morgan fingerprint density at radius 3 is 3.00 bits per heavy atom. The van der Waals surface area contributed by atoms with Gasteiger partial charge in [-0.05, 0) is 19.8 Å². The van der Waals surface area contributed by atoms with Crippen molar-refractivity contribution in [2.75, 3.05) is 6.61 Å². The number of aryl methyl sites for hydroxylation is 2. The highest BCUT2D eigenvalue weighted by Crippen LogP contribution is 2.33. The molecule has 0 bridgehead atoms. The minimum absolute atomic E-state index is 0.0364. The predicted octanol–water partition coefficient (Wildman–Crippen LogP) is 2.07. The largest absolute Gasteiger partial charge is 0.373 e. The van der Waals surface area contributed by atoms with Crippen LogP contribution >= 0.6 is 11.6 Å². The summed E-state index contributed by atoms with van der Waals surface area (Å²) in [6.45, 7) is 3.80. The predicted molar refractivity (Wildman–Crippen MR) is 89.4 cm³/mol. The Kier molecular flexibility index (Phi) is 5.20. The molecule has 130 valence electrons. The fraction of sp³-hybridized carbons (Fsp3) is 0.562. The number of carbonyl (C=O) groups excluding carboxylic acids is 1. The number of hydrogen-bond acceptors (Lipinski definition) is 4. The molecule has 1 aliphatic heterocycles. The molecule has 0 aromatic carbocycles. The molecule has 0 radical (unpaired) electrons. The van der Waals surface area contributed by atoms with Crippen LogP contribution in [-0.2, 0) is 29.7 Å². The van der Waals surface area contributed by atoms with Crippen molar-refractivity contribution in [1.29, 1.82) is 0 Å². The summed E-state index contributed by atoms with van der Waals surface area (Å²) >= 11 is 6.09. The number of carbonyl (C=O) groups is 1. The summed E-state index contributed by atoms with van der Waals surface area (Å²) in [7, 11) is 1.80. The lowest BCUT2D eigenvalue weighted by Crippen LogP contribution is -2.37. The first-order chi connectivity index (χ1) is 11.6. The number of ether oxygens (including phenoxy) is 1. The lowest BCUT2D eigenvalue weighted by atomic mass is 9.90. The minimum atomic E-state index is -0.252. The average Bonchev–Trinajstić information content (AvgIpc) is 3.18. The van der Waals surface area contributed by atoms with Crippen LogP contribution in [0.15, 0.2) is 18.6 Å². The standard InChI is InChI=1S/C16H22ClN5O2/c1-3-22-9-11(7-19-22)15-12(5-4-6-24-15)16(23)18-8-14-13(17)10-21(2)20-14/h7,9-10,12,15H,3-6,8H2,1-2H3,(H,18,23)/t12-,15+/m1/s1. The first-order valence-electron chi connectivity index (χ1n) is 8.18. The Morgan fingerprint density at radius 1 is 1.50 bits per heavy atom. The van der Waals surface area contributed by atoms with E-state index in [-0.39, 0.29) is 17.9 Å². The molecule has 0 unspecified atom stereocenters. The molecule has 1 fully saturated rings. The van der Waals surface area contributed by atoms with E-state index < -0.39 is 0 Å². The fourth-order valence-corrected chi connectivity index (χ4v) is 3.25. The van der Waals surface area contributed by atoms with Gasteiger partial charge in [-0.1, -0.05) is 11.6 Å². The molecule has 24 heavy (non-hydrogen) atoms. The summed E-state index contributed by atoms with van der Waals surface area (Å²) in [5, 5.41) is 12.0. The molecule has 1 amide bonds. The number of nitrogens with one attached hydrogen (secondary N) is 1. The molecule has 0 spiro atoms. The van der Waals surface area contributed by atoms with E-state index in [4.69, 9.17) is 16.3 Å². The molecule has 3 rings (SSSR count). The molecule has 1 saturated heterocycles. The van der Waals surface area contributed by atoms with Crippen molar-refractivity contribution in [2.24, 2.45) is 13.0 Å². The Labute approximate surface area is 145 Å². The smallest absolute Gasteiger partial charge is 0.226 e. The van der Waals surface area contributed by atoms with Gasteiger partial charge in [0.05, 0.1) is 29.8 Å². The van der Waals surface area contributed by atoms with Crippen LogP contribution in [0, 0.1) is 5.92 Å². The van der Waals surface area contributed by atoms with Gasteiger partial charge >= 0.3 is 0 Å². The highest BCUT2D eigenvalue weighted by atomic mass is 35.5. The first kappa shape index (κ1) is 17.0. The maximum absolute atomic E-state index is 12.7. The topological polar surface area (TPSA) is 74.0 Å². The van der Waals surface area contributed by atoms with Gasteiger partial charge in [0.15, 0.2) is 0 Å². The van der Waals surface area contributed by atoms with Gasteiger partial charge in [-0.15, -0.1) is 0 Å². The van der Waals surface area contributed by atoms with Crippen LogP contribution in [-0.4, -0.2) is 32.1 Å². The Balaban J connectivity index is 1.68. The third-order valence-corrected chi connectivity index (χ3v) is 4.56. The second kappa shape index (κ2) is 7.36. The highest BCUT2D eigenvalue weighted by Gasteiger charge is 2.33. The lowest BCUT2D eigenvalue weighted by molar-refractivity contribution is -0.134. The van der Waals surface area contributed by atoms with Crippen molar-refractivity contribution in [2.45, 2.75) is 39.0 Å². The second-order valence-corrected chi connectivity index (χ2v) is 6.39.